The maximum absolute atomic E-state index is 13.1. The highest BCUT2D eigenvalue weighted by atomic mass is 32.1. The number of amides is 1. The Hall–Kier alpha value is -3.64. The fourth-order valence-corrected chi connectivity index (χ4v) is 4.00. The van der Waals surface area contributed by atoms with Gasteiger partial charge in [-0.2, -0.15) is 0 Å². The highest BCUT2D eigenvalue weighted by Gasteiger charge is 2.19. The van der Waals surface area contributed by atoms with E-state index in [1.54, 1.807) is 49.0 Å². The molecule has 1 N–H and O–H groups in total. The molecular formula is C25H22N2O3S. The van der Waals surface area contributed by atoms with Crippen molar-refractivity contribution in [2.45, 2.75) is 12.6 Å². The van der Waals surface area contributed by atoms with Crippen LogP contribution in [0.4, 0.5) is 0 Å². The molecule has 2 aromatic heterocycles. The van der Waals surface area contributed by atoms with E-state index < -0.39 is 0 Å². The van der Waals surface area contributed by atoms with Gasteiger partial charge in [-0.25, -0.2) is 0 Å². The number of rotatable bonds is 8. The second kappa shape index (κ2) is 9.91. The van der Waals surface area contributed by atoms with Crippen LogP contribution in [-0.4, -0.2) is 18.0 Å². The van der Waals surface area contributed by atoms with E-state index in [1.165, 1.54) is 0 Å². The Morgan fingerprint density at radius 1 is 1.00 bits per heavy atom. The topological polar surface area (TPSA) is 60.5 Å². The van der Waals surface area contributed by atoms with Crippen molar-refractivity contribution < 1.29 is 14.3 Å². The van der Waals surface area contributed by atoms with E-state index in [4.69, 9.17) is 9.47 Å². The number of ether oxygens (including phenoxy) is 2. The summed E-state index contributed by atoms with van der Waals surface area (Å²) in [6.45, 7) is 0.388. The standard InChI is InChI=1S/C25H22N2O3S/c1-29-22-16-20(9-10-21(22)30-17-18-11-13-26-14-12-18)25(28)27-24(23-8-5-15-31-23)19-6-3-2-4-7-19/h2-16,24H,17H2,1H3,(H,27,28)/t24-/m0/s1. The number of methoxy groups -OCH3 is 1. The summed E-state index contributed by atoms with van der Waals surface area (Å²) in [6.07, 6.45) is 3.44. The van der Waals surface area contributed by atoms with Gasteiger partial charge in [0.2, 0.25) is 0 Å². The molecule has 6 heteroatoms. The second-order valence-electron chi connectivity index (χ2n) is 6.84. The number of carbonyl (C=O) groups is 1. The van der Waals surface area contributed by atoms with Crippen LogP contribution in [0.3, 0.4) is 0 Å². The van der Waals surface area contributed by atoms with Crippen molar-refractivity contribution in [1.82, 2.24) is 10.3 Å². The molecule has 0 saturated heterocycles. The van der Waals surface area contributed by atoms with E-state index in [1.807, 2.05) is 60.0 Å². The lowest BCUT2D eigenvalue weighted by atomic mass is 10.0. The first-order valence-corrected chi connectivity index (χ1v) is 10.7. The molecule has 4 rings (SSSR count). The first-order chi connectivity index (χ1) is 15.2. The third-order valence-electron chi connectivity index (χ3n) is 4.81. The van der Waals surface area contributed by atoms with Gasteiger partial charge in [-0.15, -0.1) is 11.3 Å². The highest BCUT2D eigenvalue weighted by molar-refractivity contribution is 7.10. The zero-order valence-electron chi connectivity index (χ0n) is 17.0. The fourth-order valence-electron chi connectivity index (χ4n) is 3.20. The lowest BCUT2D eigenvalue weighted by Crippen LogP contribution is -2.28. The summed E-state index contributed by atoms with van der Waals surface area (Å²) in [7, 11) is 1.56. The molecule has 2 heterocycles. The predicted octanol–water partition coefficient (Wildman–Crippen LogP) is 5.25. The molecule has 0 saturated carbocycles. The summed E-state index contributed by atoms with van der Waals surface area (Å²) in [6, 6.07) is 22.7. The normalized spacial score (nSPS) is 11.5. The van der Waals surface area contributed by atoms with Gasteiger partial charge in [0.1, 0.15) is 6.61 Å². The summed E-state index contributed by atoms with van der Waals surface area (Å²) in [5.74, 6) is 0.907. The average molecular weight is 431 g/mol. The minimum atomic E-state index is -0.220. The van der Waals surface area contributed by atoms with Crippen molar-refractivity contribution in [3.63, 3.8) is 0 Å². The predicted molar refractivity (Wildman–Crippen MR) is 122 cm³/mol. The van der Waals surface area contributed by atoms with Crippen LogP contribution < -0.4 is 14.8 Å². The van der Waals surface area contributed by atoms with Crippen LogP contribution in [0.5, 0.6) is 11.5 Å². The van der Waals surface area contributed by atoms with Gasteiger partial charge in [-0.1, -0.05) is 36.4 Å². The molecule has 0 bridgehead atoms. The highest BCUT2D eigenvalue weighted by Crippen LogP contribution is 2.30. The molecule has 0 aliphatic rings. The number of hydrogen-bond acceptors (Lipinski definition) is 5. The van der Waals surface area contributed by atoms with Crippen LogP contribution in [0.1, 0.15) is 32.4 Å². The minimum absolute atomic E-state index is 0.179. The summed E-state index contributed by atoms with van der Waals surface area (Å²) in [5, 5.41) is 5.16. The van der Waals surface area contributed by atoms with Gasteiger partial charge in [-0.3, -0.25) is 9.78 Å². The number of nitrogens with zero attached hydrogens (tertiary/aromatic N) is 1. The van der Waals surface area contributed by atoms with Crippen LogP contribution in [0.15, 0.2) is 90.6 Å². The average Bonchev–Trinajstić information content (AvgIpc) is 3.37. The SMILES string of the molecule is COc1cc(C(=O)N[C@@H](c2ccccc2)c2cccs2)ccc1OCc1ccncc1. The monoisotopic (exact) mass is 430 g/mol. The van der Waals surface area contributed by atoms with Crippen molar-refractivity contribution in [2.24, 2.45) is 0 Å². The number of carbonyl (C=O) groups excluding carboxylic acids is 1. The Kier molecular flexibility index (Phi) is 6.59. The van der Waals surface area contributed by atoms with Crippen LogP contribution in [0.25, 0.3) is 0 Å². The van der Waals surface area contributed by atoms with Gasteiger partial charge in [0, 0.05) is 22.8 Å². The van der Waals surface area contributed by atoms with Gasteiger partial charge in [-0.05, 0) is 52.9 Å². The van der Waals surface area contributed by atoms with Gasteiger partial charge in [0.15, 0.2) is 11.5 Å². The van der Waals surface area contributed by atoms with Crippen molar-refractivity contribution in [3.8, 4) is 11.5 Å². The van der Waals surface area contributed by atoms with Gasteiger partial charge < -0.3 is 14.8 Å². The third kappa shape index (κ3) is 5.10. The van der Waals surface area contributed by atoms with E-state index in [0.29, 0.717) is 23.7 Å². The second-order valence-corrected chi connectivity index (χ2v) is 7.82. The number of nitrogens with one attached hydrogen (secondary N) is 1. The molecule has 0 aliphatic carbocycles. The van der Waals surface area contributed by atoms with E-state index in [2.05, 4.69) is 10.3 Å². The van der Waals surface area contributed by atoms with E-state index in [9.17, 15) is 4.79 Å². The van der Waals surface area contributed by atoms with Crippen molar-refractivity contribution in [3.05, 3.63) is 112 Å². The molecule has 2 aromatic carbocycles. The van der Waals surface area contributed by atoms with Gasteiger partial charge >= 0.3 is 0 Å². The quantitative estimate of drug-likeness (QED) is 0.415. The summed E-state index contributed by atoms with van der Waals surface area (Å²) >= 11 is 1.61. The Morgan fingerprint density at radius 3 is 2.52 bits per heavy atom. The number of thiophene rings is 1. The third-order valence-corrected chi connectivity index (χ3v) is 5.74. The summed E-state index contributed by atoms with van der Waals surface area (Å²) in [4.78, 5) is 18.2. The van der Waals surface area contributed by atoms with E-state index in [-0.39, 0.29) is 11.9 Å². The molecule has 0 radical (unpaired) electrons. The molecule has 4 aromatic rings. The maximum atomic E-state index is 13.1. The largest absolute Gasteiger partial charge is 0.493 e. The zero-order valence-corrected chi connectivity index (χ0v) is 17.8. The Labute approximate surface area is 185 Å². The first-order valence-electron chi connectivity index (χ1n) is 9.83. The van der Waals surface area contributed by atoms with Gasteiger partial charge in [0.05, 0.1) is 13.2 Å². The number of benzene rings is 2. The number of pyridine rings is 1. The molecule has 0 aliphatic heterocycles. The Bertz CT molecular complexity index is 1120. The minimum Gasteiger partial charge on any atom is -0.493 e. The maximum Gasteiger partial charge on any atom is 0.252 e. The smallest absolute Gasteiger partial charge is 0.252 e. The number of aromatic nitrogens is 1. The van der Waals surface area contributed by atoms with Crippen LogP contribution in [-0.2, 0) is 6.61 Å². The van der Waals surface area contributed by atoms with Crippen molar-refractivity contribution in [2.75, 3.05) is 7.11 Å². The Balaban J connectivity index is 1.52. The van der Waals surface area contributed by atoms with Crippen LogP contribution >= 0.6 is 11.3 Å². The molecule has 0 unspecified atom stereocenters. The molecule has 156 valence electrons. The van der Waals surface area contributed by atoms with Crippen LogP contribution in [0, 0.1) is 0 Å². The zero-order chi connectivity index (χ0) is 21.5. The fraction of sp³-hybridized carbons (Fsp3) is 0.120. The van der Waals surface area contributed by atoms with Gasteiger partial charge in [0.25, 0.3) is 5.91 Å². The molecule has 5 nitrogen and oxygen atoms in total. The molecule has 1 atom stereocenters. The van der Waals surface area contributed by atoms with E-state index in [0.717, 1.165) is 16.0 Å². The summed E-state index contributed by atoms with van der Waals surface area (Å²) < 4.78 is 11.3. The van der Waals surface area contributed by atoms with Crippen molar-refractivity contribution >= 4 is 17.2 Å². The summed E-state index contributed by atoms with van der Waals surface area (Å²) in [5.41, 5.74) is 2.54. The lowest BCUT2D eigenvalue weighted by Gasteiger charge is -2.19. The Morgan fingerprint density at radius 2 is 1.81 bits per heavy atom. The molecule has 31 heavy (non-hydrogen) atoms. The lowest BCUT2D eigenvalue weighted by molar-refractivity contribution is 0.0943. The molecular weight excluding hydrogens is 408 g/mol. The molecule has 0 fully saturated rings. The number of hydrogen-bond donors (Lipinski definition) is 1. The van der Waals surface area contributed by atoms with Crippen LogP contribution in [0.2, 0.25) is 0 Å². The molecule has 0 spiro atoms. The van der Waals surface area contributed by atoms with Crippen molar-refractivity contribution in [1.29, 1.82) is 0 Å². The molecule has 1 amide bonds. The van der Waals surface area contributed by atoms with E-state index >= 15 is 0 Å². The first kappa shape index (κ1) is 20.6.